The van der Waals surface area contributed by atoms with Gasteiger partial charge < -0.3 is 5.32 Å². The molecule has 0 unspecified atom stereocenters. The fraction of sp³-hybridized carbons (Fsp3) is 0.500. The Morgan fingerprint density at radius 3 is 2.92 bits per heavy atom. The van der Waals surface area contributed by atoms with E-state index in [-0.39, 0.29) is 11.7 Å². The average Bonchev–Trinajstić information content (AvgIpc) is 3.05. The molecule has 0 bridgehead atoms. The molecule has 1 N–H and O–H groups in total. The molecule has 0 saturated heterocycles. The van der Waals surface area contributed by atoms with Crippen molar-refractivity contribution in [1.29, 1.82) is 0 Å². The summed E-state index contributed by atoms with van der Waals surface area (Å²) in [5, 5.41) is 15.6. The van der Waals surface area contributed by atoms with E-state index in [2.05, 4.69) is 36.8 Å². The zero-order valence-electron chi connectivity index (χ0n) is 13.5. The van der Waals surface area contributed by atoms with Crippen LogP contribution in [0.15, 0.2) is 27.8 Å². The van der Waals surface area contributed by atoms with Crippen molar-refractivity contribution in [1.82, 2.24) is 20.2 Å². The molecule has 24 heavy (non-hydrogen) atoms. The van der Waals surface area contributed by atoms with Gasteiger partial charge in [0.15, 0.2) is 0 Å². The SMILES string of the molecule is Cc1ccc(NC(=O)CSc2nnnn2C2CCCCC2)c(Br)c1. The Labute approximate surface area is 153 Å². The van der Waals surface area contributed by atoms with E-state index in [1.807, 2.05) is 29.8 Å². The van der Waals surface area contributed by atoms with Crippen molar-refractivity contribution >= 4 is 39.3 Å². The summed E-state index contributed by atoms with van der Waals surface area (Å²) in [5.41, 5.74) is 1.92. The van der Waals surface area contributed by atoms with Crippen molar-refractivity contribution in [2.75, 3.05) is 11.1 Å². The number of nitrogens with zero attached hydrogens (tertiary/aromatic N) is 4. The molecule has 0 aliphatic heterocycles. The van der Waals surface area contributed by atoms with Gasteiger partial charge in [-0.15, -0.1) is 5.10 Å². The van der Waals surface area contributed by atoms with Crippen LogP contribution in [0.4, 0.5) is 5.69 Å². The van der Waals surface area contributed by atoms with Gasteiger partial charge >= 0.3 is 0 Å². The molecule has 1 aromatic carbocycles. The largest absolute Gasteiger partial charge is 0.324 e. The van der Waals surface area contributed by atoms with Crippen LogP contribution in [0.25, 0.3) is 0 Å². The number of carbonyl (C=O) groups excluding carboxylic acids is 1. The van der Waals surface area contributed by atoms with E-state index in [1.165, 1.54) is 31.0 Å². The van der Waals surface area contributed by atoms with E-state index in [1.54, 1.807) is 0 Å². The summed E-state index contributed by atoms with van der Waals surface area (Å²) >= 11 is 4.85. The number of rotatable bonds is 5. The van der Waals surface area contributed by atoms with Crippen molar-refractivity contribution < 1.29 is 4.79 Å². The summed E-state index contributed by atoms with van der Waals surface area (Å²) in [7, 11) is 0. The first-order valence-corrected chi connectivity index (χ1v) is 9.88. The maximum atomic E-state index is 12.2. The van der Waals surface area contributed by atoms with E-state index in [4.69, 9.17) is 0 Å². The molecule has 0 spiro atoms. The van der Waals surface area contributed by atoms with Gasteiger partial charge in [0.2, 0.25) is 11.1 Å². The van der Waals surface area contributed by atoms with Gasteiger partial charge in [-0.25, -0.2) is 4.68 Å². The van der Waals surface area contributed by atoms with Gasteiger partial charge in [0.1, 0.15) is 0 Å². The lowest BCUT2D eigenvalue weighted by molar-refractivity contribution is -0.113. The highest BCUT2D eigenvalue weighted by Crippen LogP contribution is 2.30. The maximum Gasteiger partial charge on any atom is 0.234 e. The second-order valence-electron chi connectivity index (χ2n) is 6.02. The molecule has 1 fully saturated rings. The number of thioether (sulfide) groups is 1. The minimum Gasteiger partial charge on any atom is -0.324 e. The first-order valence-electron chi connectivity index (χ1n) is 8.10. The number of aryl methyl sites for hydroxylation is 1. The normalized spacial score (nSPS) is 15.4. The van der Waals surface area contributed by atoms with Gasteiger partial charge in [0, 0.05) is 4.47 Å². The average molecular weight is 410 g/mol. The molecule has 1 aliphatic rings. The lowest BCUT2D eigenvalue weighted by atomic mass is 9.96. The maximum absolute atomic E-state index is 12.2. The summed E-state index contributed by atoms with van der Waals surface area (Å²) in [6, 6.07) is 6.21. The van der Waals surface area contributed by atoms with E-state index in [9.17, 15) is 4.79 Å². The van der Waals surface area contributed by atoms with Crippen LogP contribution in [0.3, 0.4) is 0 Å². The van der Waals surface area contributed by atoms with Crippen LogP contribution in [0.2, 0.25) is 0 Å². The molecule has 6 nitrogen and oxygen atoms in total. The number of hydrogen-bond acceptors (Lipinski definition) is 5. The number of benzene rings is 1. The molecule has 8 heteroatoms. The van der Waals surface area contributed by atoms with Gasteiger partial charge in [0.05, 0.1) is 17.5 Å². The molecule has 1 aliphatic carbocycles. The van der Waals surface area contributed by atoms with Gasteiger partial charge in [-0.1, -0.05) is 37.1 Å². The fourth-order valence-corrected chi connectivity index (χ4v) is 4.21. The number of nitrogens with one attached hydrogen (secondary N) is 1. The second kappa shape index (κ2) is 8.11. The van der Waals surface area contributed by atoms with Crippen LogP contribution in [-0.4, -0.2) is 31.9 Å². The minimum atomic E-state index is -0.0669. The van der Waals surface area contributed by atoms with Crippen molar-refractivity contribution in [3.63, 3.8) is 0 Å². The van der Waals surface area contributed by atoms with Gasteiger partial charge in [-0.2, -0.15) is 0 Å². The minimum absolute atomic E-state index is 0.0669. The molecule has 0 atom stereocenters. The third-order valence-electron chi connectivity index (χ3n) is 4.11. The molecular weight excluding hydrogens is 390 g/mol. The molecule has 1 saturated carbocycles. The van der Waals surface area contributed by atoms with Crippen molar-refractivity contribution in [2.24, 2.45) is 0 Å². The van der Waals surface area contributed by atoms with Crippen molar-refractivity contribution in [3.8, 4) is 0 Å². The van der Waals surface area contributed by atoms with Gasteiger partial charge in [-0.05, 0) is 63.8 Å². The van der Waals surface area contributed by atoms with E-state index in [0.29, 0.717) is 6.04 Å². The monoisotopic (exact) mass is 409 g/mol. The van der Waals surface area contributed by atoms with Crippen LogP contribution < -0.4 is 5.32 Å². The third-order valence-corrected chi connectivity index (χ3v) is 5.70. The summed E-state index contributed by atoms with van der Waals surface area (Å²) in [6.07, 6.45) is 5.95. The summed E-state index contributed by atoms with van der Waals surface area (Å²) in [4.78, 5) is 12.2. The van der Waals surface area contributed by atoms with Crippen LogP contribution >= 0.6 is 27.7 Å². The van der Waals surface area contributed by atoms with Gasteiger partial charge in [0.25, 0.3) is 0 Å². The molecule has 128 valence electrons. The Hall–Kier alpha value is -1.41. The smallest absolute Gasteiger partial charge is 0.234 e. The van der Waals surface area contributed by atoms with E-state index >= 15 is 0 Å². The van der Waals surface area contributed by atoms with Crippen LogP contribution in [-0.2, 0) is 4.79 Å². The van der Waals surface area contributed by atoms with Crippen LogP contribution in [0.1, 0.15) is 43.7 Å². The molecule has 3 rings (SSSR count). The fourth-order valence-electron chi connectivity index (χ4n) is 2.87. The highest BCUT2D eigenvalue weighted by atomic mass is 79.9. The molecule has 1 heterocycles. The third kappa shape index (κ3) is 4.36. The quantitative estimate of drug-likeness (QED) is 0.755. The number of amides is 1. The number of anilines is 1. The molecule has 1 amide bonds. The number of carbonyl (C=O) groups is 1. The highest BCUT2D eigenvalue weighted by Gasteiger charge is 2.20. The van der Waals surface area contributed by atoms with Crippen molar-refractivity contribution in [2.45, 2.75) is 50.2 Å². The predicted octanol–water partition coefficient (Wildman–Crippen LogP) is 3.98. The topological polar surface area (TPSA) is 72.7 Å². The van der Waals surface area contributed by atoms with Crippen molar-refractivity contribution in [3.05, 3.63) is 28.2 Å². The number of aromatic nitrogens is 4. The van der Waals surface area contributed by atoms with Crippen LogP contribution in [0.5, 0.6) is 0 Å². The lowest BCUT2D eigenvalue weighted by Crippen LogP contribution is -2.17. The first kappa shape index (κ1) is 17.4. The number of halogens is 1. The Kier molecular flexibility index (Phi) is 5.89. The standard InChI is InChI=1S/C16H20BrN5OS/c1-11-7-8-14(13(17)9-11)18-15(23)10-24-16-19-20-21-22(16)12-5-3-2-4-6-12/h7-9,12H,2-6,10H2,1H3,(H,18,23). The summed E-state index contributed by atoms with van der Waals surface area (Å²) in [6.45, 7) is 2.01. The molecule has 2 aromatic rings. The zero-order chi connectivity index (χ0) is 16.9. The predicted molar refractivity (Wildman–Crippen MR) is 98.2 cm³/mol. The lowest BCUT2D eigenvalue weighted by Gasteiger charge is -2.21. The Bertz CT molecular complexity index is 714. The highest BCUT2D eigenvalue weighted by molar-refractivity contribution is 9.10. The first-order chi connectivity index (χ1) is 11.6. The molecular formula is C16H20BrN5OS. The summed E-state index contributed by atoms with van der Waals surface area (Å²) < 4.78 is 2.77. The van der Waals surface area contributed by atoms with E-state index in [0.717, 1.165) is 33.7 Å². The number of hydrogen-bond donors (Lipinski definition) is 1. The zero-order valence-corrected chi connectivity index (χ0v) is 15.9. The Morgan fingerprint density at radius 2 is 2.17 bits per heavy atom. The Morgan fingerprint density at radius 1 is 1.38 bits per heavy atom. The van der Waals surface area contributed by atoms with Crippen LogP contribution in [0, 0.1) is 6.92 Å². The second-order valence-corrected chi connectivity index (χ2v) is 7.81. The molecule has 1 aromatic heterocycles. The summed E-state index contributed by atoms with van der Waals surface area (Å²) in [5.74, 6) is 0.218. The van der Waals surface area contributed by atoms with Gasteiger partial charge in [-0.3, -0.25) is 4.79 Å². The molecule has 0 radical (unpaired) electrons. The van der Waals surface area contributed by atoms with E-state index < -0.39 is 0 Å². The Balaban J connectivity index is 1.57. The number of tetrazole rings is 1.